The van der Waals surface area contributed by atoms with Crippen molar-refractivity contribution in [2.75, 3.05) is 5.32 Å². The molecule has 31 heavy (non-hydrogen) atoms. The lowest BCUT2D eigenvalue weighted by molar-refractivity contribution is -0.114. The molecule has 2 heterocycles. The van der Waals surface area contributed by atoms with Crippen molar-refractivity contribution in [1.29, 1.82) is 0 Å². The quantitative estimate of drug-likeness (QED) is 0.505. The van der Waals surface area contributed by atoms with Crippen LogP contribution in [0.5, 0.6) is 0 Å². The Morgan fingerprint density at radius 1 is 1.16 bits per heavy atom. The summed E-state index contributed by atoms with van der Waals surface area (Å²) in [6.07, 6.45) is 1.13. The van der Waals surface area contributed by atoms with E-state index in [9.17, 15) is 14.4 Å². The zero-order valence-electron chi connectivity index (χ0n) is 16.2. The van der Waals surface area contributed by atoms with Crippen LogP contribution in [0.25, 0.3) is 17.3 Å². The molecule has 0 radical (unpaired) electrons. The van der Waals surface area contributed by atoms with E-state index in [-0.39, 0.29) is 24.0 Å². The summed E-state index contributed by atoms with van der Waals surface area (Å²) in [6, 6.07) is 13.2. The van der Waals surface area contributed by atoms with Crippen molar-refractivity contribution in [2.45, 2.75) is 13.5 Å². The van der Waals surface area contributed by atoms with Gasteiger partial charge in [-0.2, -0.15) is 14.8 Å². The number of anilines is 1. The molecule has 2 aromatic carbocycles. The molecule has 0 saturated heterocycles. The number of halogens is 1. The smallest absolute Gasteiger partial charge is 0.332 e. The van der Waals surface area contributed by atoms with E-state index >= 15 is 0 Å². The predicted molar refractivity (Wildman–Crippen MR) is 112 cm³/mol. The van der Waals surface area contributed by atoms with Gasteiger partial charge in [-0.3, -0.25) is 14.2 Å². The molecule has 4 aromatic rings. The fourth-order valence-corrected chi connectivity index (χ4v) is 3.05. The van der Waals surface area contributed by atoms with Crippen LogP contribution < -0.4 is 16.6 Å². The summed E-state index contributed by atoms with van der Waals surface area (Å²) in [5.41, 5.74) is -0.0576. The van der Waals surface area contributed by atoms with Crippen LogP contribution in [-0.4, -0.2) is 30.4 Å². The molecule has 1 amide bonds. The van der Waals surface area contributed by atoms with Gasteiger partial charge in [-0.25, -0.2) is 4.79 Å². The van der Waals surface area contributed by atoms with Gasteiger partial charge in [0.05, 0.1) is 12.2 Å². The highest BCUT2D eigenvalue weighted by Crippen LogP contribution is 2.15. The molecule has 156 valence electrons. The Labute approximate surface area is 179 Å². The second-order valence-corrected chi connectivity index (χ2v) is 6.98. The number of hydrogen-bond donors (Lipinski definition) is 1. The summed E-state index contributed by atoms with van der Waals surface area (Å²) >= 11 is 5.92. The number of nitrogens with one attached hydrogen (secondary N) is 1. The average molecular weight is 439 g/mol. The van der Waals surface area contributed by atoms with E-state index in [1.54, 1.807) is 48.5 Å². The number of carbonyl (C=O) groups excluding carboxylic acids is 1. The van der Waals surface area contributed by atoms with E-state index in [4.69, 9.17) is 16.1 Å². The number of rotatable bonds is 5. The summed E-state index contributed by atoms with van der Waals surface area (Å²) in [5, 5.41) is 10.8. The highest BCUT2D eigenvalue weighted by Gasteiger charge is 2.20. The zero-order chi connectivity index (χ0) is 22.0. The van der Waals surface area contributed by atoms with E-state index in [1.807, 2.05) is 0 Å². The van der Waals surface area contributed by atoms with E-state index in [0.717, 1.165) is 15.6 Å². The van der Waals surface area contributed by atoms with Crippen LogP contribution in [0.4, 0.5) is 5.69 Å². The first-order chi connectivity index (χ1) is 14.9. The standard InChI is InChI=1S/C20H15ClN6O4/c1-12(28)24-15-3-2-4-16(9-15)27-20(30)26(10-13-5-7-14(21)8-6-13)19(29)17(25-27)18-22-11-23-31-18/h2-9,11H,10H2,1H3,(H,24,28). The molecule has 11 heteroatoms. The minimum Gasteiger partial charge on any atom is -0.332 e. The van der Waals surface area contributed by atoms with Gasteiger partial charge in [-0.05, 0) is 35.9 Å². The van der Waals surface area contributed by atoms with Gasteiger partial charge in [0.25, 0.3) is 11.4 Å². The van der Waals surface area contributed by atoms with Gasteiger partial charge >= 0.3 is 5.69 Å². The Morgan fingerprint density at radius 2 is 1.94 bits per heavy atom. The van der Waals surface area contributed by atoms with Crippen LogP contribution in [-0.2, 0) is 11.3 Å². The van der Waals surface area contributed by atoms with Crippen molar-refractivity contribution in [3.63, 3.8) is 0 Å². The molecule has 0 spiro atoms. The van der Waals surface area contributed by atoms with Crippen molar-refractivity contribution in [3.8, 4) is 17.3 Å². The molecule has 0 saturated carbocycles. The van der Waals surface area contributed by atoms with Crippen molar-refractivity contribution < 1.29 is 9.32 Å². The number of nitrogens with zero attached hydrogens (tertiary/aromatic N) is 5. The summed E-state index contributed by atoms with van der Waals surface area (Å²) < 4.78 is 7.06. The molecule has 0 aliphatic carbocycles. The lowest BCUT2D eigenvalue weighted by Crippen LogP contribution is -2.42. The Balaban J connectivity index is 1.90. The molecule has 2 aromatic heterocycles. The zero-order valence-corrected chi connectivity index (χ0v) is 16.9. The maximum absolute atomic E-state index is 13.2. The number of hydrogen-bond acceptors (Lipinski definition) is 7. The Bertz CT molecular complexity index is 1360. The number of carbonyl (C=O) groups is 1. The number of amides is 1. The van der Waals surface area contributed by atoms with Gasteiger partial charge in [0.15, 0.2) is 6.33 Å². The third-order valence-electron chi connectivity index (χ3n) is 4.29. The van der Waals surface area contributed by atoms with Gasteiger partial charge < -0.3 is 9.84 Å². The Morgan fingerprint density at radius 3 is 2.61 bits per heavy atom. The van der Waals surface area contributed by atoms with Crippen LogP contribution in [0.2, 0.25) is 5.02 Å². The van der Waals surface area contributed by atoms with Gasteiger partial charge in [-0.1, -0.05) is 35.0 Å². The van der Waals surface area contributed by atoms with Crippen molar-refractivity contribution in [1.82, 2.24) is 24.5 Å². The maximum atomic E-state index is 13.2. The second kappa shape index (κ2) is 8.36. The molecule has 1 N–H and O–H groups in total. The topological polar surface area (TPSA) is 125 Å². The van der Waals surface area contributed by atoms with Crippen LogP contribution in [0.3, 0.4) is 0 Å². The van der Waals surface area contributed by atoms with Crippen LogP contribution in [0.15, 0.2) is 69.0 Å². The van der Waals surface area contributed by atoms with E-state index in [2.05, 4.69) is 20.6 Å². The minimum atomic E-state index is -0.682. The fraction of sp³-hybridized carbons (Fsp3) is 0.100. The largest absolute Gasteiger partial charge is 0.352 e. The molecule has 0 bridgehead atoms. The Kier molecular flexibility index (Phi) is 5.46. The third-order valence-corrected chi connectivity index (χ3v) is 4.54. The van der Waals surface area contributed by atoms with Gasteiger partial charge in [-0.15, -0.1) is 0 Å². The van der Waals surface area contributed by atoms with Gasteiger partial charge in [0, 0.05) is 17.6 Å². The van der Waals surface area contributed by atoms with E-state index in [0.29, 0.717) is 22.0 Å². The van der Waals surface area contributed by atoms with Crippen molar-refractivity contribution in [3.05, 3.63) is 86.3 Å². The first-order valence-corrected chi connectivity index (χ1v) is 9.44. The SMILES string of the molecule is CC(=O)Nc1cccc(-n2nc(-c3ncno3)c(=O)n(Cc3ccc(Cl)cc3)c2=O)c1. The maximum Gasteiger partial charge on any atom is 0.352 e. The molecule has 0 fully saturated rings. The first kappa shape index (κ1) is 20.2. The second-order valence-electron chi connectivity index (χ2n) is 6.54. The normalized spacial score (nSPS) is 10.8. The minimum absolute atomic E-state index is 0.0239. The highest BCUT2D eigenvalue weighted by molar-refractivity contribution is 6.30. The molecule has 10 nitrogen and oxygen atoms in total. The molecule has 4 rings (SSSR count). The molecule has 0 aliphatic rings. The number of aromatic nitrogens is 5. The lowest BCUT2D eigenvalue weighted by atomic mass is 10.2. The summed E-state index contributed by atoms with van der Waals surface area (Å²) in [7, 11) is 0. The van der Waals surface area contributed by atoms with Crippen molar-refractivity contribution in [2.24, 2.45) is 0 Å². The van der Waals surface area contributed by atoms with E-state index < -0.39 is 11.2 Å². The van der Waals surface area contributed by atoms with Crippen LogP contribution >= 0.6 is 11.6 Å². The third kappa shape index (κ3) is 4.28. The monoisotopic (exact) mass is 438 g/mol. The van der Waals surface area contributed by atoms with Gasteiger partial charge in [0.2, 0.25) is 11.6 Å². The van der Waals surface area contributed by atoms with E-state index in [1.165, 1.54) is 6.92 Å². The predicted octanol–water partition coefficient (Wildman–Crippen LogP) is 2.10. The van der Waals surface area contributed by atoms with Crippen LogP contribution in [0.1, 0.15) is 12.5 Å². The lowest BCUT2D eigenvalue weighted by Gasteiger charge is -2.12. The fourth-order valence-electron chi connectivity index (χ4n) is 2.92. The number of benzene rings is 2. The summed E-state index contributed by atoms with van der Waals surface area (Å²) in [6.45, 7) is 1.35. The molecule has 0 atom stereocenters. The Hall–Kier alpha value is -4.05. The summed E-state index contributed by atoms with van der Waals surface area (Å²) in [4.78, 5) is 41.5. The molecular formula is C20H15ClN6O4. The first-order valence-electron chi connectivity index (χ1n) is 9.06. The molecular weight excluding hydrogens is 424 g/mol. The molecule has 0 aliphatic heterocycles. The average Bonchev–Trinajstić information content (AvgIpc) is 3.27. The summed E-state index contributed by atoms with van der Waals surface area (Å²) in [5.74, 6) is -0.390. The highest BCUT2D eigenvalue weighted by atomic mass is 35.5. The van der Waals surface area contributed by atoms with Crippen molar-refractivity contribution >= 4 is 23.2 Å². The van der Waals surface area contributed by atoms with Gasteiger partial charge in [0.1, 0.15) is 0 Å². The molecule has 0 unspecified atom stereocenters. The van der Waals surface area contributed by atoms with Crippen LogP contribution in [0, 0.1) is 0 Å².